The maximum Gasteiger partial charge on any atom is 0.255 e. The van der Waals surface area contributed by atoms with E-state index in [1.807, 2.05) is 18.2 Å². The average Bonchev–Trinajstić information content (AvgIpc) is 2.49. The molecule has 1 heterocycles. The maximum absolute atomic E-state index is 12.1. The summed E-state index contributed by atoms with van der Waals surface area (Å²) >= 11 is 3.35. The van der Waals surface area contributed by atoms with Crippen LogP contribution in [0.5, 0.6) is 0 Å². The van der Waals surface area contributed by atoms with Gasteiger partial charge in [0.15, 0.2) is 0 Å². The highest BCUT2D eigenvalue weighted by Crippen LogP contribution is 2.20. The lowest BCUT2D eigenvalue weighted by molar-refractivity contribution is -0.116. The molecule has 6 heteroatoms. The monoisotopic (exact) mass is 347 g/mol. The van der Waals surface area contributed by atoms with Crippen molar-refractivity contribution < 1.29 is 9.59 Å². The van der Waals surface area contributed by atoms with Crippen molar-refractivity contribution in [2.45, 2.75) is 0 Å². The van der Waals surface area contributed by atoms with E-state index in [0.29, 0.717) is 11.3 Å². The number of rotatable bonds is 4. The fourth-order valence-corrected chi connectivity index (χ4v) is 2.13. The van der Waals surface area contributed by atoms with E-state index in [9.17, 15) is 9.59 Å². The zero-order valence-electron chi connectivity index (χ0n) is 11.4. The summed E-state index contributed by atoms with van der Waals surface area (Å²) in [6.45, 7) is -0.0327. The molecule has 1 N–H and O–H groups in total. The molecule has 0 aliphatic rings. The highest BCUT2D eigenvalue weighted by molar-refractivity contribution is 9.10. The van der Waals surface area contributed by atoms with Gasteiger partial charge in [-0.1, -0.05) is 12.1 Å². The van der Waals surface area contributed by atoms with Crippen molar-refractivity contribution in [3.8, 4) is 0 Å². The van der Waals surface area contributed by atoms with Gasteiger partial charge < -0.3 is 10.2 Å². The van der Waals surface area contributed by atoms with Gasteiger partial charge in [0.1, 0.15) is 0 Å². The van der Waals surface area contributed by atoms with Crippen molar-refractivity contribution >= 4 is 33.4 Å². The number of hydrogen-bond donors (Lipinski definition) is 1. The van der Waals surface area contributed by atoms with Gasteiger partial charge in [0.2, 0.25) is 5.91 Å². The molecular weight excluding hydrogens is 334 g/mol. The van der Waals surface area contributed by atoms with Crippen LogP contribution in [-0.2, 0) is 4.79 Å². The summed E-state index contributed by atoms with van der Waals surface area (Å²) in [4.78, 5) is 29.3. The molecule has 5 nitrogen and oxygen atoms in total. The van der Waals surface area contributed by atoms with Crippen LogP contribution < -0.4 is 5.32 Å². The van der Waals surface area contributed by atoms with Crippen LogP contribution in [0.2, 0.25) is 0 Å². The summed E-state index contributed by atoms with van der Waals surface area (Å²) in [6, 6.07) is 10.6. The molecule has 0 atom stereocenters. The molecule has 2 aromatic rings. The number of carbonyl (C=O) groups is 2. The second-order valence-corrected chi connectivity index (χ2v) is 5.29. The van der Waals surface area contributed by atoms with Crippen molar-refractivity contribution in [3.05, 3.63) is 58.8 Å². The van der Waals surface area contributed by atoms with E-state index in [4.69, 9.17) is 0 Å². The molecule has 2 amide bonds. The standard InChI is InChI=1S/C15H14BrN3O2/c1-19(15(21)11-5-4-8-17-9-11)10-14(20)18-13-7-3-2-6-12(13)16/h2-9H,10H2,1H3,(H,18,20). The van der Waals surface area contributed by atoms with Gasteiger partial charge in [-0.05, 0) is 40.2 Å². The molecule has 0 aliphatic carbocycles. The molecule has 108 valence electrons. The first kappa shape index (κ1) is 15.2. The van der Waals surface area contributed by atoms with Crippen molar-refractivity contribution in [1.82, 2.24) is 9.88 Å². The number of nitrogens with zero attached hydrogens (tertiary/aromatic N) is 2. The normalized spacial score (nSPS) is 10.0. The summed E-state index contributed by atoms with van der Waals surface area (Å²) in [6.07, 6.45) is 3.07. The number of anilines is 1. The second-order valence-electron chi connectivity index (χ2n) is 4.43. The fourth-order valence-electron chi connectivity index (χ4n) is 1.75. The third kappa shape index (κ3) is 4.13. The zero-order chi connectivity index (χ0) is 15.2. The topological polar surface area (TPSA) is 62.3 Å². The van der Waals surface area contributed by atoms with Crippen LogP contribution in [0.25, 0.3) is 0 Å². The van der Waals surface area contributed by atoms with E-state index in [2.05, 4.69) is 26.2 Å². The van der Waals surface area contributed by atoms with Gasteiger partial charge in [0, 0.05) is 23.9 Å². The lowest BCUT2D eigenvalue weighted by Crippen LogP contribution is -2.35. The Kier molecular flexibility index (Phi) is 5.05. The molecule has 1 aromatic heterocycles. The van der Waals surface area contributed by atoms with E-state index in [1.165, 1.54) is 11.1 Å². The van der Waals surface area contributed by atoms with Crippen molar-refractivity contribution in [2.24, 2.45) is 0 Å². The first-order chi connectivity index (χ1) is 10.1. The van der Waals surface area contributed by atoms with Crippen molar-refractivity contribution in [1.29, 1.82) is 0 Å². The van der Waals surface area contributed by atoms with Crippen LogP contribution in [-0.4, -0.2) is 35.3 Å². The van der Waals surface area contributed by atoms with Crippen LogP contribution >= 0.6 is 15.9 Å². The number of hydrogen-bond acceptors (Lipinski definition) is 3. The Balaban J connectivity index is 1.97. The van der Waals surface area contributed by atoms with Gasteiger partial charge in [-0.2, -0.15) is 0 Å². The molecule has 0 unspecified atom stereocenters. The predicted octanol–water partition coefficient (Wildman–Crippen LogP) is 2.55. The Morgan fingerprint density at radius 2 is 2.00 bits per heavy atom. The summed E-state index contributed by atoms with van der Waals surface area (Å²) in [7, 11) is 1.58. The molecule has 0 saturated heterocycles. The molecule has 0 saturated carbocycles. The first-order valence-corrected chi connectivity index (χ1v) is 7.07. The van der Waals surface area contributed by atoms with Gasteiger partial charge >= 0.3 is 0 Å². The molecule has 0 aliphatic heterocycles. The Hall–Kier alpha value is -2.21. The molecule has 0 fully saturated rings. The number of carbonyl (C=O) groups excluding carboxylic acids is 2. The van der Waals surface area contributed by atoms with Gasteiger partial charge in [-0.25, -0.2) is 0 Å². The summed E-state index contributed by atoms with van der Waals surface area (Å²) < 4.78 is 0.791. The Bertz CT molecular complexity index is 646. The minimum absolute atomic E-state index is 0.0327. The second kappa shape index (κ2) is 6.99. The lowest BCUT2D eigenvalue weighted by Gasteiger charge is -2.17. The molecule has 0 radical (unpaired) electrons. The van der Waals surface area contributed by atoms with Crippen LogP contribution in [0.4, 0.5) is 5.69 Å². The van der Waals surface area contributed by atoms with E-state index < -0.39 is 0 Å². The van der Waals surface area contributed by atoms with E-state index in [-0.39, 0.29) is 18.4 Å². The van der Waals surface area contributed by atoms with Crippen LogP contribution in [0.1, 0.15) is 10.4 Å². The molecule has 0 bridgehead atoms. The summed E-state index contributed by atoms with van der Waals surface area (Å²) in [5.74, 6) is -0.507. The van der Waals surface area contributed by atoms with Crippen LogP contribution in [0.15, 0.2) is 53.3 Å². The van der Waals surface area contributed by atoms with Crippen LogP contribution in [0, 0.1) is 0 Å². The first-order valence-electron chi connectivity index (χ1n) is 6.28. The molecular formula is C15H14BrN3O2. The van der Waals surface area contributed by atoms with Gasteiger partial charge in [0.25, 0.3) is 5.91 Å². The minimum atomic E-state index is -0.262. The van der Waals surface area contributed by atoms with Crippen molar-refractivity contribution in [3.63, 3.8) is 0 Å². The van der Waals surface area contributed by atoms with E-state index in [0.717, 1.165) is 4.47 Å². The SMILES string of the molecule is CN(CC(=O)Nc1ccccc1Br)C(=O)c1cccnc1. The van der Waals surface area contributed by atoms with E-state index >= 15 is 0 Å². The largest absolute Gasteiger partial charge is 0.332 e. The number of para-hydroxylation sites is 1. The molecule has 1 aromatic carbocycles. The highest BCUT2D eigenvalue weighted by atomic mass is 79.9. The number of pyridine rings is 1. The highest BCUT2D eigenvalue weighted by Gasteiger charge is 2.15. The predicted molar refractivity (Wildman–Crippen MR) is 84.0 cm³/mol. The molecule has 21 heavy (non-hydrogen) atoms. The third-order valence-electron chi connectivity index (χ3n) is 2.78. The van der Waals surface area contributed by atoms with Crippen LogP contribution in [0.3, 0.4) is 0 Å². The Labute approximate surface area is 131 Å². The van der Waals surface area contributed by atoms with Gasteiger partial charge in [0.05, 0.1) is 17.8 Å². The van der Waals surface area contributed by atoms with E-state index in [1.54, 1.807) is 31.4 Å². The van der Waals surface area contributed by atoms with Gasteiger partial charge in [-0.15, -0.1) is 0 Å². The summed E-state index contributed by atoms with van der Waals surface area (Å²) in [5, 5.41) is 2.75. The van der Waals surface area contributed by atoms with Crippen molar-refractivity contribution in [2.75, 3.05) is 18.9 Å². The minimum Gasteiger partial charge on any atom is -0.332 e. The Morgan fingerprint density at radius 1 is 1.24 bits per heavy atom. The number of amides is 2. The number of halogens is 1. The number of nitrogens with one attached hydrogen (secondary N) is 1. The molecule has 2 rings (SSSR count). The average molecular weight is 348 g/mol. The smallest absolute Gasteiger partial charge is 0.255 e. The zero-order valence-corrected chi connectivity index (χ0v) is 13.0. The lowest BCUT2D eigenvalue weighted by atomic mass is 10.2. The quantitative estimate of drug-likeness (QED) is 0.924. The fraction of sp³-hybridized carbons (Fsp3) is 0.133. The number of likely N-dealkylation sites (N-methyl/N-ethyl adjacent to an activating group) is 1. The molecule has 0 spiro atoms. The Morgan fingerprint density at radius 3 is 2.67 bits per heavy atom. The number of benzene rings is 1. The summed E-state index contributed by atoms with van der Waals surface area (Å²) in [5.41, 5.74) is 1.12. The maximum atomic E-state index is 12.1. The third-order valence-corrected chi connectivity index (χ3v) is 3.48. The van der Waals surface area contributed by atoms with Gasteiger partial charge in [-0.3, -0.25) is 14.6 Å². The number of aromatic nitrogens is 1.